The van der Waals surface area contributed by atoms with E-state index in [1.54, 1.807) is 30.3 Å². The number of carbonyl (C=O) groups is 1. The smallest absolute Gasteiger partial charge is 0.262 e. The van der Waals surface area contributed by atoms with Gasteiger partial charge in [-0.3, -0.25) is 4.79 Å². The Morgan fingerprint density at radius 3 is 2.90 bits per heavy atom. The molecule has 0 saturated heterocycles. The highest BCUT2D eigenvalue weighted by Crippen LogP contribution is 2.38. The predicted molar refractivity (Wildman–Crippen MR) is 85.4 cm³/mol. The molecule has 1 aliphatic rings. The van der Waals surface area contributed by atoms with Crippen LogP contribution < -0.4 is 10.1 Å². The molecule has 6 heteroatoms. The first-order chi connectivity index (χ1) is 10.1. The highest BCUT2D eigenvalue weighted by atomic mass is 79.9. The molecule has 3 nitrogen and oxygen atoms in total. The molecule has 1 unspecified atom stereocenters. The Hall–Kier alpha value is -1.40. The molecule has 0 radical (unpaired) electrons. The van der Waals surface area contributed by atoms with Gasteiger partial charge in [0, 0.05) is 5.56 Å². The quantitative estimate of drug-likeness (QED) is 0.739. The summed E-state index contributed by atoms with van der Waals surface area (Å²) < 4.78 is 19.9. The number of fused-ring (bicyclic) bond motifs is 1. The lowest BCUT2D eigenvalue weighted by Crippen LogP contribution is -2.25. The summed E-state index contributed by atoms with van der Waals surface area (Å²) in [5.74, 6) is 0.115. The molecular formula is C15H10Br2FNO2. The molecule has 1 heterocycles. The van der Waals surface area contributed by atoms with E-state index in [0.29, 0.717) is 21.5 Å². The van der Waals surface area contributed by atoms with Crippen molar-refractivity contribution in [1.29, 1.82) is 0 Å². The van der Waals surface area contributed by atoms with E-state index in [4.69, 9.17) is 4.74 Å². The minimum absolute atomic E-state index is 0.0182. The maximum absolute atomic E-state index is 14.2. The van der Waals surface area contributed by atoms with Crippen LogP contribution in [0.3, 0.4) is 0 Å². The monoisotopic (exact) mass is 413 g/mol. The number of nitrogens with one attached hydrogen (secondary N) is 1. The van der Waals surface area contributed by atoms with E-state index in [-0.39, 0.29) is 23.2 Å². The molecule has 0 saturated carbocycles. The number of halogens is 3. The number of rotatable bonds is 2. The minimum Gasteiger partial charge on any atom is -0.482 e. The van der Waals surface area contributed by atoms with Crippen LogP contribution in [0.2, 0.25) is 0 Å². The van der Waals surface area contributed by atoms with E-state index in [0.717, 1.165) is 5.56 Å². The van der Waals surface area contributed by atoms with Crippen LogP contribution >= 0.6 is 31.9 Å². The topological polar surface area (TPSA) is 38.3 Å². The summed E-state index contributed by atoms with van der Waals surface area (Å²) in [5.41, 5.74) is 1.95. The van der Waals surface area contributed by atoms with E-state index >= 15 is 0 Å². The summed E-state index contributed by atoms with van der Waals surface area (Å²) in [4.78, 5) is 11.0. The van der Waals surface area contributed by atoms with E-state index < -0.39 is 0 Å². The second-order valence-electron chi connectivity index (χ2n) is 4.60. The van der Waals surface area contributed by atoms with Gasteiger partial charge in [0.1, 0.15) is 11.6 Å². The zero-order chi connectivity index (χ0) is 15.0. The largest absolute Gasteiger partial charge is 0.482 e. The Labute approximate surface area is 137 Å². The zero-order valence-corrected chi connectivity index (χ0v) is 13.9. The Morgan fingerprint density at radius 1 is 1.29 bits per heavy atom. The van der Waals surface area contributed by atoms with Crippen LogP contribution in [0.5, 0.6) is 5.75 Å². The predicted octanol–water partition coefficient (Wildman–Crippen LogP) is 4.40. The van der Waals surface area contributed by atoms with Crippen LogP contribution in [0.15, 0.2) is 40.9 Å². The molecule has 1 aliphatic heterocycles. The number of carbonyl (C=O) groups excluding carboxylic acids is 1. The summed E-state index contributed by atoms with van der Waals surface area (Å²) in [6.45, 7) is 0.0182. The summed E-state index contributed by atoms with van der Waals surface area (Å²) >= 11 is 6.69. The molecule has 2 aromatic carbocycles. The molecule has 0 bridgehead atoms. The van der Waals surface area contributed by atoms with Gasteiger partial charge in [-0.1, -0.05) is 34.1 Å². The lowest BCUT2D eigenvalue weighted by atomic mass is 10.0. The number of anilines is 1. The third-order valence-corrected chi connectivity index (χ3v) is 4.82. The lowest BCUT2D eigenvalue weighted by molar-refractivity contribution is -0.118. The second kappa shape index (κ2) is 5.77. The van der Waals surface area contributed by atoms with E-state index in [2.05, 4.69) is 37.2 Å². The molecule has 21 heavy (non-hydrogen) atoms. The van der Waals surface area contributed by atoms with Crippen LogP contribution in [0.25, 0.3) is 0 Å². The van der Waals surface area contributed by atoms with Gasteiger partial charge in [0.15, 0.2) is 6.61 Å². The van der Waals surface area contributed by atoms with E-state index in [9.17, 15) is 9.18 Å². The number of amides is 1. The molecule has 0 aromatic heterocycles. The SMILES string of the molecule is O=C1COc2ccc(C(Br)c3cccc(Br)c3F)cc2N1. The standard InChI is InChI=1S/C15H10Br2FNO2/c16-10-3-1-2-9(15(10)18)14(17)8-4-5-12-11(6-8)19-13(20)7-21-12/h1-6,14H,7H2,(H,19,20). The molecule has 1 N–H and O–H groups in total. The highest BCUT2D eigenvalue weighted by Gasteiger charge is 2.20. The van der Waals surface area contributed by atoms with Crippen LogP contribution in [0, 0.1) is 5.82 Å². The van der Waals surface area contributed by atoms with Crippen molar-refractivity contribution < 1.29 is 13.9 Å². The van der Waals surface area contributed by atoms with Gasteiger partial charge in [-0.05, 0) is 39.7 Å². The summed E-state index contributed by atoms with van der Waals surface area (Å²) in [6.07, 6.45) is 0. The van der Waals surface area contributed by atoms with E-state index in [1.165, 1.54) is 0 Å². The average Bonchev–Trinajstić information content (AvgIpc) is 2.48. The normalized spacial score (nSPS) is 14.9. The number of alkyl halides is 1. The van der Waals surface area contributed by atoms with Crippen LogP contribution in [0.1, 0.15) is 16.0 Å². The van der Waals surface area contributed by atoms with Crippen LogP contribution in [0.4, 0.5) is 10.1 Å². The zero-order valence-electron chi connectivity index (χ0n) is 10.7. The first kappa shape index (κ1) is 14.5. The Balaban J connectivity index is 1.98. The van der Waals surface area contributed by atoms with Crippen molar-refractivity contribution >= 4 is 43.5 Å². The molecule has 2 aromatic rings. The number of hydrogen-bond donors (Lipinski definition) is 1. The molecular weight excluding hydrogens is 405 g/mol. The Bertz CT molecular complexity index is 721. The minimum atomic E-state index is -0.320. The number of ether oxygens (including phenoxy) is 1. The van der Waals surface area contributed by atoms with Crippen molar-refractivity contribution in [1.82, 2.24) is 0 Å². The summed E-state index contributed by atoms with van der Waals surface area (Å²) in [6, 6.07) is 10.5. The van der Waals surface area contributed by atoms with Gasteiger partial charge < -0.3 is 10.1 Å². The maximum atomic E-state index is 14.2. The Kier molecular flexibility index (Phi) is 3.99. The maximum Gasteiger partial charge on any atom is 0.262 e. The molecule has 108 valence electrons. The number of hydrogen-bond acceptors (Lipinski definition) is 2. The molecule has 1 amide bonds. The summed E-state index contributed by atoms with van der Waals surface area (Å²) in [5, 5.41) is 2.74. The Morgan fingerprint density at radius 2 is 2.10 bits per heavy atom. The lowest BCUT2D eigenvalue weighted by Gasteiger charge is -2.20. The van der Waals surface area contributed by atoms with Gasteiger partial charge in [-0.25, -0.2) is 4.39 Å². The first-order valence-electron chi connectivity index (χ1n) is 6.21. The molecule has 1 atom stereocenters. The van der Waals surface area contributed by atoms with Crippen LogP contribution in [-0.4, -0.2) is 12.5 Å². The fourth-order valence-corrected chi connectivity index (χ4v) is 3.17. The average molecular weight is 415 g/mol. The van der Waals surface area contributed by atoms with Crippen molar-refractivity contribution in [2.45, 2.75) is 4.83 Å². The molecule has 0 spiro atoms. The fraction of sp³-hybridized carbons (Fsp3) is 0.133. The van der Waals surface area contributed by atoms with Gasteiger partial charge in [-0.2, -0.15) is 0 Å². The van der Waals surface area contributed by atoms with E-state index in [1.807, 2.05) is 6.07 Å². The molecule has 3 rings (SSSR count). The van der Waals surface area contributed by atoms with Crippen molar-refractivity contribution in [2.24, 2.45) is 0 Å². The van der Waals surface area contributed by atoms with Crippen molar-refractivity contribution in [2.75, 3.05) is 11.9 Å². The third kappa shape index (κ3) is 2.82. The van der Waals surface area contributed by atoms with Gasteiger partial charge in [-0.15, -0.1) is 0 Å². The second-order valence-corrected chi connectivity index (χ2v) is 6.37. The van der Waals surface area contributed by atoms with Gasteiger partial charge in [0.05, 0.1) is 15.0 Å². The van der Waals surface area contributed by atoms with Gasteiger partial charge >= 0.3 is 0 Å². The van der Waals surface area contributed by atoms with Gasteiger partial charge in [0.25, 0.3) is 5.91 Å². The van der Waals surface area contributed by atoms with Crippen molar-refractivity contribution in [3.05, 3.63) is 57.8 Å². The fourth-order valence-electron chi connectivity index (χ4n) is 2.15. The van der Waals surface area contributed by atoms with Crippen molar-refractivity contribution in [3.8, 4) is 5.75 Å². The molecule has 0 fully saturated rings. The summed E-state index contributed by atoms with van der Waals surface area (Å²) in [7, 11) is 0. The van der Waals surface area contributed by atoms with Crippen LogP contribution in [-0.2, 0) is 4.79 Å². The number of benzene rings is 2. The first-order valence-corrected chi connectivity index (χ1v) is 7.91. The third-order valence-electron chi connectivity index (χ3n) is 3.18. The van der Waals surface area contributed by atoms with Crippen molar-refractivity contribution in [3.63, 3.8) is 0 Å². The van der Waals surface area contributed by atoms with Gasteiger partial charge in [0.2, 0.25) is 0 Å². The highest BCUT2D eigenvalue weighted by molar-refractivity contribution is 9.10. The molecule has 0 aliphatic carbocycles.